The second-order valence-corrected chi connectivity index (χ2v) is 7.98. The van der Waals surface area contributed by atoms with Gasteiger partial charge in [-0.1, -0.05) is 24.3 Å². The zero-order valence-electron chi connectivity index (χ0n) is 16.1. The second kappa shape index (κ2) is 9.88. The Kier molecular flexibility index (Phi) is 7.26. The summed E-state index contributed by atoms with van der Waals surface area (Å²) in [6.45, 7) is 3.34. The maximum absolute atomic E-state index is 12.9. The minimum Gasteiger partial charge on any atom is -0.496 e. The van der Waals surface area contributed by atoms with Gasteiger partial charge in [-0.05, 0) is 30.4 Å². The van der Waals surface area contributed by atoms with Crippen molar-refractivity contribution in [2.75, 3.05) is 33.9 Å². The summed E-state index contributed by atoms with van der Waals surface area (Å²) in [6.07, 6.45) is 2.42. The van der Waals surface area contributed by atoms with Gasteiger partial charge in [-0.2, -0.15) is 0 Å². The number of benzene rings is 1. The third-order valence-corrected chi connectivity index (χ3v) is 5.69. The first-order valence-electron chi connectivity index (χ1n) is 9.38. The lowest BCUT2D eigenvalue weighted by Crippen LogP contribution is -2.40. The first-order chi connectivity index (χ1) is 13.2. The molecule has 0 aliphatic carbocycles. The highest BCUT2D eigenvalue weighted by molar-refractivity contribution is 7.09. The van der Waals surface area contributed by atoms with Crippen molar-refractivity contribution in [3.05, 3.63) is 52.2 Å². The van der Waals surface area contributed by atoms with Crippen molar-refractivity contribution in [3.8, 4) is 5.75 Å². The summed E-state index contributed by atoms with van der Waals surface area (Å²) in [5, 5.41) is 2.08. The van der Waals surface area contributed by atoms with Gasteiger partial charge in [0.15, 0.2) is 0 Å². The number of nitrogens with zero attached hydrogens (tertiary/aromatic N) is 2. The van der Waals surface area contributed by atoms with Crippen LogP contribution in [0.5, 0.6) is 5.75 Å². The molecular weight excluding hydrogens is 360 g/mol. The number of thiophene rings is 1. The van der Waals surface area contributed by atoms with Gasteiger partial charge in [0.25, 0.3) is 0 Å². The molecular formula is C21H28N2O3S. The molecule has 0 saturated carbocycles. The number of hydrogen-bond donors (Lipinski definition) is 0. The fraction of sp³-hybridized carbons (Fsp3) is 0.476. The maximum atomic E-state index is 12.9. The van der Waals surface area contributed by atoms with Crippen LogP contribution in [0.15, 0.2) is 41.8 Å². The highest BCUT2D eigenvalue weighted by atomic mass is 32.1. The van der Waals surface area contributed by atoms with Crippen molar-refractivity contribution in [1.82, 2.24) is 9.80 Å². The van der Waals surface area contributed by atoms with Gasteiger partial charge in [-0.15, -0.1) is 11.3 Å². The summed E-state index contributed by atoms with van der Waals surface area (Å²) in [7, 11) is 3.51. The van der Waals surface area contributed by atoms with Crippen LogP contribution in [-0.4, -0.2) is 55.7 Å². The summed E-state index contributed by atoms with van der Waals surface area (Å²) in [5.41, 5.74) is 1.01. The minimum absolute atomic E-state index is 0.107. The SMILES string of the molecule is COc1ccccc1CN(C)C(=O)CN(Cc1cccs1)CC1CCCO1. The second-order valence-electron chi connectivity index (χ2n) is 6.95. The molecule has 1 aromatic heterocycles. The maximum Gasteiger partial charge on any atom is 0.236 e. The molecule has 5 nitrogen and oxygen atoms in total. The normalized spacial score (nSPS) is 16.6. The summed E-state index contributed by atoms with van der Waals surface area (Å²) >= 11 is 1.73. The number of carbonyl (C=O) groups excluding carboxylic acids is 1. The van der Waals surface area contributed by atoms with Crippen molar-refractivity contribution >= 4 is 17.2 Å². The van der Waals surface area contributed by atoms with Crippen molar-refractivity contribution in [2.45, 2.75) is 32.0 Å². The molecule has 0 bridgehead atoms. The van der Waals surface area contributed by atoms with Crippen LogP contribution in [0.1, 0.15) is 23.3 Å². The lowest BCUT2D eigenvalue weighted by Gasteiger charge is -2.27. The molecule has 3 rings (SSSR count). The lowest BCUT2D eigenvalue weighted by molar-refractivity contribution is -0.132. The molecule has 1 fully saturated rings. The van der Waals surface area contributed by atoms with Crippen LogP contribution < -0.4 is 4.74 Å². The Labute approximate surface area is 165 Å². The van der Waals surface area contributed by atoms with E-state index in [1.165, 1.54) is 4.88 Å². The summed E-state index contributed by atoms with van der Waals surface area (Å²) in [6, 6.07) is 12.0. The number of carbonyl (C=O) groups is 1. The van der Waals surface area contributed by atoms with Gasteiger partial charge in [0.2, 0.25) is 5.91 Å². The van der Waals surface area contributed by atoms with E-state index in [0.29, 0.717) is 13.1 Å². The monoisotopic (exact) mass is 388 g/mol. The van der Waals surface area contributed by atoms with Gasteiger partial charge in [-0.3, -0.25) is 9.69 Å². The average molecular weight is 389 g/mol. The van der Waals surface area contributed by atoms with Crippen molar-refractivity contribution < 1.29 is 14.3 Å². The van der Waals surface area contributed by atoms with Crippen LogP contribution in [0.3, 0.4) is 0 Å². The van der Waals surface area contributed by atoms with E-state index in [2.05, 4.69) is 22.4 Å². The number of likely N-dealkylation sites (N-methyl/N-ethyl adjacent to an activating group) is 1. The molecule has 2 aromatic rings. The molecule has 1 aliphatic rings. The molecule has 1 saturated heterocycles. The Morgan fingerprint density at radius 3 is 2.81 bits per heavy atom. The van der Waals surface area contributed by atoms with Crippen molar-refractivity contribution in [3.63, 3.8) is 0 Å². The molecule has 1 atom stereocenters. The Morgan fingerprint density at radius 2 is 2.11 bits per heavy atom. The first-order valence-corrected chi connectivity index (χ1v) is 10.3. The molecule has 2 heterocycles. The van der Waals surface area contributed by atoms with Crippen LogP contribution in [0.2, 0.25) is 0 Å². The summed E-state index contributed by atoms with van der Waals surface area (Å²) in [4.78, 5) is 18.1. The van der Waals surface area contributed by atoms with Gasteiger partial charge >= 0.3 is 0 Å². The zero-order valence-corrected chi connectivity index (χ0v) is 16.9. The van der Waals surface area contributed by atoms with E-state index in [0.717, 1.165) is 43.9 Å². The number of methoxy groups -OCH3 is 1. The molecule has 0 N–H and O–H groups in total. The third kappa shape index (κ3) is 5.79. The van der Waals surface area contributed by atoms with Crippen LogP contribution in [0, 0.1) is 0 Å². The van der Waals surface area contributed by atoms with Gasteiger partial charge in [0.05, 0.1) is 19.8 Å². The van der Waals surface area contributed by atoms with E-state index in [4.69, 9.17) is 9.47 Å². The number of amides is 1. The average Bonchev–Trinajstić information content (AvgIpc) is 3.36. The quantitative estimate of drug-likeness (QED) is 0.660. The van der Waals surface area contributed by atoms with Crippen LogP contribution in [0.25, 0.3) is 0 Å². The molecule has 27 heavy (non-hydrogen) atoms. The Morgan fingerprint density at radius 1 is 1.26 bits per heavy atom. The van der Waals surface area contributed by atoms with Gasteiger partial charge in [-0.25, -0.2) is 0 Å². The Bertz CT molecular complexity index is 714. The Balaban J connectivity index is 1.61. The van der Waals surface area contributed by atoms with Crippen molar-refractivity contribution in [2.24, 2.45) is 0 Å². The standard InChI is InChI=1S/C21H28N2O3S/c1-22(13-17-7-3-4-10-20(17)25-2)21(24)16-23(14-18-8-5-11-26-18)15-19-9-6-12-27-19/h3-4,6-7,9-10,12,18H,5,8,11,13-16H2,1-2H3. The number of ether oxygens (including phenoxy) is 2. The molecule has 6 heteroatoms. The highest BCUT2D eigenvalue weighted by Gasteiger charge is 2.22. The van der Waals surface area contributed by atoms with Crippen LogP contribution in [0.4, 0.5) is 0 Å². The molecule has 1 aromatic carbocycles. The van der Waals surface area contributed by atoms with E-state index in [1.807, 2.05) is 31.3 Å². The summed E-state index contributed by atoms with van der Waals surface area (Å²) < 4.78 is 11.2. The van der Waals surface area contributed by atoms with Gasteiger partial charge in [0, 0.05) is 43.7 Å². The smallest absolute Gasteiger partial charge is 0.236 e. The van der Waals surface area contributed by atoms with E-state index in [9.17, 15) is 4.79 Å². The zero-order chi connectivity index (χ0) is 19.1. The Hall–Kier alpha value is -1.89. The molecule has 146 valence electrons. The number of hydrogen-bond acceptors (Lipinski definition) is 5. The first kappa shape index (κ1) is 19.9. The molecule has 1 aliphatic heterocycles. The van der Waals surface area contributed by atoms with E-state index < -0.39 is 0 Å². The fourth-order valence-electron chi connectivity index (χ4n) is 3.37. The topological polar surface area (TPSA) is 42.0 Å². The lowest BCUT2D eigenvalue weighted by atomic mass is 10.2. The molecule has 1 amide bonds. The largest absolute Gasteiger partial charge is 0.496 e. The van der Waals surface area contributed by atoms with E-state index >= 15 is 0 Å². The molecule has 0 radical (unpaired) electrons. The number of para-hydroxylation sites is 1. The predicted molar refractivity (Wildman–Crippen MR) is 108 cm³/mol. The third-order valence-electron chi connectivity index (χ3n) is 4.83. The van der Waals surface area contributed by atoms with E-state index in [1.54, 1.807) is 23.3 Å². The van der Waals surface area contributed by atoms with Gasteiger partial charge < -0.3 is 14.4 Å². The van der Waals surface area contributed by atoms with Crippen molar-refractivity contribution in [1.29, 1.82) is 0 Å². The summed E-state index contributed by atoms with van der Waals surface area (Å²) in [5.74, 6) is 0.919. The van der Waals surface area contributed by atoms with E-state index in [-0.39, 0.29) is 12.0 Å². The van der Waals surface area contributed by atoms with Gasteiger partial charge in [0.1, 0.15) is 5.75 Å². The molecule has 0 spiro atoms. The number of rotatable bonds is 9. The predicted octanol–water partition coefficient (Wildman–Crippen LogP) is 3.40. The fourth-order valence-corrected chi connectivity index (χ4v) is 4.12. The highest BCUT2D eigenvalue weighted by Crippen LogP contribution is 2.20. The van der Waals surface area contributed by atoms with Crippen LogP contribution in [-0.2, 0) is 22.6 Å². The minimum atomic E-state index is 0.107. The van der Waals surface area contributed by atoms with Crippen LogP contribution >= 0.6 is 11.3 Å². The molecule has 1 unspecified atom stereocenters.